The minimum Gasteiger partial charge on any atom is -0.349 e. The summed E-state index contributed by atoms with van der Waals surface area (Å²) >= 11 is 0. The highest BCUT2D eigenvalue weighted by Crippen LogP contribution is 2.21. The lowest BCUT2D eigenvalue weighted by Gasteiger charge is -2.12. The highest BCUT2D eigenvalue weighted by Gasteiger charge is 2.25. The number of benzene rings is 1. The molecule has 0 radical (unpaired) electrons. The van der Waals surface area contributed by atoms with Crippen LogP contribution >= 0.6 is 0 Å². The highest BCUT2D eigenvalue weighted by molar-refractivity contribution is 7.92. The molecule has 126 valence electrons. The van der Waals surface area contributed by atoms with E-state index in [1.165, 1.54) is 0 Å². The molecular weight excluding hydrogens is 316 g/mol. The molecule has 1 aromatic carbocycles. The Morgan fingerprint density at radius 3 is 2.48 bits per heavy atom. The quantitative estimate of drug-likeness (QED) is 0.789. The highest BCUT2D eigenvalue weighted by atomic mass is 32.2. The Hall–Kier alpha value is -1.89. The van der Waals surface area contributed by atoms with Crippen LogP contribution in [0.2, 0.25) is 0 Å². The summed E-state index contributed by atoms with van der Waals surface area (Å²) in [5.41, 5.74) is 0.671. The van der Waals surface area contributed by atoms with Gasteiger partial charge in [0.05, 0.1) is 17.0 Å². The van der Waals surface area contributed by atoms with Gasteiger partial charge in [0, 0.05) is 6.04 Å². The van der Waals surface area contributed by atoms with E-state index in [-0.39, 0.29) is 23.6 Å². The molecule has 1 aromatic rings. The zero-order valence-electron chi connectivity index (χ0n) is 13.3. The number of hydrogen-bond donors (Lipinski definition) is 2. The molecular formula is C16H22N2O4S. The van der Waals surface area contributed by atoms with Crippen molar-refractivity contribution in [2.75, 3.05) is 16.8 Å². The monoisotopic (exact) mass is 338 g/mol. The first-order chi connectivity index (χ1) is 10.8. The molecule has 1 saturated carbocycles. The lowest BCUT2D eigenvalue weighted by Crippen LogP contribution is -2.29. The summed E-state index contributed by atoms with van der Waals surface area (Å²) in [6, 6.07) is 6.79. The van der Waals surface area contributed by atoms with Crippen LogP contribution in [0.3, 0.4) is 0 Å². The Morgan fingerprint density at radius 1 is 1.22 bits per heavy atom. The van der Waals surface area contributed by atoms with E-state index >= 15 is 0 Å². The third-order valence-corrected chi connectivity index (χ3v) is 5.17. The summed E-state index contributed by atoms with van der Waals surface area (Å²) < 4.78 is 23.7. The molecule has 0 aromatic heterocycles. The number of anilines is 1. The van der Waals surface area contributed by atoms with E-state index in [1.807, 2.05) is 0 Å². The SMILES string of the molecule is CC(C)CS(=O)(=O)CC(=O)Nc1ccccc1C(=O)NC1CC1. The number of nitrogens with one attached hydrogen (secondary N) is 2. The van der Waals surface area contributed by atoms with Crippen LogP contribution in [0, 0.1) is 5.92 Å². The molecule has 0 saturated heterocycles. The molecule has 2 N–H and O–H groups in total. The van der Waals surface area contributed by atoms with E-state index in [0.717, 1.165) is 12.8 Å². The molecule has 0 unspecified atom stereocenters. The van der Waals surface area contributed by atoms with Gasteiger partial charge in [-0.2, -0.15) is 0 Å². The van der Waals surface area contributed by atoms with Gasteiger partial charge in [-0.05, 0) is 30.9 Å². The van der Waals surface area contributed by atoms with Crippen molar-refractivity contribution in [1.29, 1.82) is 0 Å². The molecule has 7 heteroatoms. The van der Waals surface area contributed by atoms with Crippen LogP contribution in [0.5, 0.6) is 0 Å². The summed E-state index contributed by atoms with van der Waals surface area (Å²) in [5.74, 6) is -1.54. The minimum absolute atomic E-state index is 0.0375. The van der Waals surface area contributed by atoms with E-state index < -0.39 is 21.5 Å². The average molecular weight is 338 g/mol. The van der Waals surface area contributed by atoms with Crippen LogP contribution in [-0.4, -0.2) is 37.8 Å². The molecule has 0 aliphatic heterocycles. The predicted molar refractivity (Wildman–Crippen MR) is 89.1 cm³/mol. The first-order valence-electron chi connectivity index (χ1n) is 7.67. The van der Waals surface area contributed by atoms with E-state index in [2.05, 4.69) is 10.6 Å². The molecule has 2 rings (SSSR count). The maximum Gasteiger partial charge on any atom is 0.253 e. The van der Waals surface area contributed by atoms with Crippen molar-refractivity contribution in [1.82, 2.24) is 5.32 Å². The van der Waals surface area contributed by atoms with Gasteiger partial charge in [0.15, 0.2) is 9.84 Å². The third kappa shape index (κ3) is 5.67. The van der Waals surface area contributed by atoms with Gasteiger partial charge in [-0.25, -0.2) is 8.42 Å². The zero-order chi connectivity index (χ0) is 17.0. The molecule has 23 heavy (non-hydrogen) atoms. The zero-order valence-corrected chi connectivity index (χ0v) is 14.2. The van der Waals surface area contributed by atoms with Gasteiger partial charge in [-0.3, -0.25) is 9.59 Å². The summed E-state index contributed by atoms with van der Waals surface area (Å²) in [6.45, 7) is 3.57. The summed E-state index contributed by atoms with van der Waals surface area (Å²) in [7, 11) is -3.45. The van der Waals surface area contributed by atoms with E-state index in [4.69, 9.17) is 0 Å². The number of sulfone groups is 1. The lowest BCUT2D eigenvalue weighted by molar-refractivity contribution is -0.113. The molecule has 2 amide bonds. The van der Waals surface area contributed by atoms with Crippen molar-refractivity contribution in [2.45, 2.75) is 32.7 Å². The number of carbonyl (C=O) groups excluding carboxylic acids is 2. The van der Waals surface area contributed by atoms with Gasteiger partial charge in [0.2, 0.25) is 5.91 Å². The fourth-order valence-electron chi connectivity index (χ4n) is 2.23. The van der Waals surface area contributed by atoms with Crippen LogP contribution < -0.4 is 10.6 Å². The number of rotatable bonds is 7. The smallest absolute Gasteiger partial charge is 0.253 e. The molecule has 1 aliphatic rings. The topological polar surface area (TPSA) is 92.3 Å². The van der Waals surface area contributed by atoms with E-state index in [1.54, 1.807) is 38.1 Å². The van der Waals surface area contributed by atoms with Crippen molar-refractivity contribution >= 4 is 27.3 Å². The van der Waals surface area contributed by atoms with E-state index in [9.17, 15) is 18.0 Å². The second-order valence-corrected chi connectivity index (χ2v) is 8.40. The Kier molecular flexibility index (Phi) is 5.41. The molecule has 0 bridgehead atoms. The van der Waals surface area contributed by atoms with Crippen molar-refractivity contribution in [3.8, 4) is 0 Å². The molecule has 0 spiro atoms. The Balaban J connectivity index is 2.04. The second-order valence-electron chi connectivity index (χ2n) is 6.29. The largest absolute Gasteiger partial charge is 0.349 e. The van der Waals surface area contributed by atoms with Crippen molar-refractivity contribution in [3.63, 3.8) is 0 Å². The summed E-state index contributed by atoms with van der Waals surface area (Å²) in [5, 5.41) is 5.39. The fourth-order valence-corrected chi connectivity index (χ4v) is 3.84. The minimum atomic E-state index is -3.45. The van der Waals surface area contributed by atoms with Crippen molar-refractivity contribution in [2.24, 2.45) is 5.92 Å². The Bertz CT molecular complexity index is 694. The van der Waals surface area contributed by atoms with Crippen LogP contribution in [0.25, 0.3) is 0 Å². The van der Waals surface area contributed by atoms with Gasteiger partial charge in [0.1, 0.15) is 5.75 Å². The van der Waals surface area contributed by atoms with Crippen LogP contribution in [0.15, 0.2) is 24.3 Å². The number of carbonyl (C=O) groups is 2. The molecule has 0 atom stereocenters. The average Bonchev–Trinajstić information content (AvgIpc) is 3.20. The van der Waals surface area contributed by atoms with Gasteiger partial charge >= 0.3 is 0 Å². The third-order valence-electron chi connectivity index (χ3n) is 3.30. The number of amides is 2. The Labute approximate surface area is 136 Å². The van der Waals surface area contributed by atoms with E-state index in [0.29, 0.717) is 11.3 Å². The van der Waals surface area contributed by atoms with Gasteiger partial charge in [-0.1, -0.05) is 26.0 Å². The maximum atomic E-state index is 12.1. The first kappa shape index (κ1) is 17.5. The summed E-state index contributed by atoms with van der Waals surface area (Å²) in [4.78, 5) is 24.1. The first-order valence-corrected chi connectivity index (χ1v) is 9.49. The molecule has 0 heterocycles. The maximum absolute atomic E-state index is 12.1. The molecule has 1 aliphatic carbocycles. The number of hydrogen-bond acceptors (Lipinski definition) is 4. The predicted octanol–water partition coefficient (Wildman–Crippen LogP) is 1.59. The lowest BCUT2D eigenvalue weighted by atomic mass is 10.1. The Morgan fingerprint density at radius 2 is 1.87 bits per heavy atom. The van der Waals surface area contributed by atoms with Crippen LogP contribution in [0.1, 0.15) is 37.0 Å². The fraction of sp³-hybridized carbons (Fsp3) is 0.500. The van der Waals surface area contributed by atoms with Gasteiger partial charge < -0.3 is 10.6 Å². The second kappa shape index (κ2) is 7.12. The molecule has 1 fully saturated rings. The van der Waals surface area contributed by atoms with Gasteiger partial charge in [0.25, 0.3) is 5.91 Å². The van der Waals surface area contributed by atoms with Crippen molar-refractivity contribution in [3.05, 3.63) is 29.8 Å². The normalized spacial score (nSPS) is 14.6. The standard InChI is InChI=1S/C16H22N2O4S/c1-11(2)9-23(21,22)10-15(19)18-14-6-4-3-5-13(14)16(20)17-12-7-8-12/h3-6,11-12H,7-10H2,1-2H3,(H,17,20)(H,18,19). The number of para-hydroxylation sites is 1. The van der Waals surface area contributed by atoms with Crippen molar-refractivity contribution < 1.29 is 18.0 Å². The summed E-state index contributed by atoms with van der Waals surface area (Å²) in [6.07, 6.45) is 1.93. The van der Waals surface area contributed by atoms with Crippen LogP contribution in [-0.2, 0) is 14.6 Å². The molecule has 6 nitrogen and oxygen atoms in total. The van der Waals surface area contributed by atoms with Crippen LogP contribution in [0.4, 0.5) is 5.69 Å². The van der Waals surface area contributed by atoms with Gasteiger partial charge in [-0.15, -0.1) is 0 Å².